The van der Waals surface area contributed by atoms with Crippen molar-refractivity contribution in [2.24, 2.45) is 5.73 Å². The molecule has 0 aliphatic rings. The molecular formula is C13H15BrClN3O. The van der Waals surface area contributed by atoms with Crippen LogP contribution in [0.25, 0.3) is 0 Å². The van der Waals surface area contributed by atoms with Crippen LogP contribution in [-0.2, 0) is 5.41 Å². The molecule has 0 aliphatic carbocycles. The monoisotopic (exact) mass is 343 g/mol. The lowest BCUT2D eigenvalue weighted by molar-refractivity contribution is 0.317. The highest BCUT2D eigenvalue weighted by molar-refractivity contribution is 9.10. The molecule has 6 heteroatoms. The zero-order valence-corrected chi connectivity index (χ0v) is 13.3. The van der Waals surface area contributed by atoms with Crippen LogP contribution in [0, 0.1) is 0 Å². The van der Waals surface area contributed by atoms with E-state index < -0.39 is 6.04 Å². The van der Waals surface area contributed by atoms with Gasteiger partial charge < -0.3 is 10.3 Å². The van der Waals surface area contributed by atoms with E-state index in [0.717, 1.165) is 10.0 Å². The first-order valence-corrected chi connectivity index (χ1v) is 7.01. The van der Waals surface area contributed by atoms with E-state index in [1.54, 1.807) is 6.07 Å². The first-order valence-electron chi connectivity index (χ1n) is 5.83. The molecule has 1 heterocycles. The molecule has 0 amide bonds. The molecule has 19 heavy (non-hydrogen) atoms. The van der Waals surface area contributed by atoms with Gasteiger partial charge in [0.15, 0.2) is 5.82 Å². The summed E-state index contributed by atoms with van der Waals surface area (Å²) in [6.07, 6.45) is 0. The molecule has 102 valence electrons. The average Bonchev–Trinajstić information content (AvgIpc) is 2.81. The Bertz CT molecular complexity index is 592. The largest absolute Gasteiger partial charge is 0.339 e. The Morgan fingerprint density at radius 3 is 2.58 bits per heavy atom. The van der Waals surface area contributed by atoms with Crippen LogP contribution in [0.5, 0.6) is 0 Å². The van der Waals surface area contributed by atoms with E-state index in [1.807, 2.05) is 32.9 Å². The summed E-state index contributed by atoms with van der Waals surface area (Å²) >= 11 is 9.33. The van der Waals surface area contributed by atoms with E-state index >= 15 is 0 Å². The maximum Gasteiger partial charge on any atom is 0.232 e. The first kappa shape index (κ1) is 14.5. The molecule has 1 atom stereocenters. The number of hydrogen-bond donors (Lipinski definition) is 1. The van der Waals surface area contributed by atoms with Crippen LogP contribution >= 0.6 is 27.5 Å². The predicted molar refractivity (Wildman–Crippen MR) is 78.2 cm³/mol. The van der Waals surface area contributed by atoms with Gasteiger partial charge in [0.05, 0.1) is 11.1 Å². The third kappa shape index (κ3) is 3.16. The molecular weight excluding hydrogens is 330 g/mol. The number of rotatable bonds is 2. The molecule has 2 rings (SSSR count). The minimum Gasteiger partial charge on any atom is -0.339 e. The van der Waals surface area contributed by atoms with Crippen molar-refractivity contribution in [2.45, 2.75) is 32.2 Å². The standard InChI is InChI=1S/C13H15BrClN3O/c1-13(2,3)12-17-11(18-19-12)10(16)7-4-5-9(15)8(14)6-7/h4-6,10H,16H2,1-3H3. The van der Waals surface area contributed by atoms with Gasteiger partial charge in [0.25, 0.3) is 0 Å². The summed E-state index contributed by atoms with van der Waals surface area (Å²) in [5.41, 5.74) is 6.83. The van der Waals surface area contributed by atoms with E-state index in [-0.39, 0.29) is 5.41 Å². The van der Waals surface area contributed by atoms with E-state index in [2.05, 4.69) is 26.1 Å². The Morgan fingerprint density at radius 2 is 2.05 bits per heavy atom. The molecule has 0 spiro atoms. The molecule has 1 aromatic heterocycles. The van der Waals surface area contributed by atoms with Crippen molar-refractivity contribution in [1.82, 2.24) is 10.1 Å². The number of nitrogens with two attached hydrogens (primary N) is 1. The number of halogens is 2. The SMILES string of the molecule is CC(C)(C)c1nc(C(N)c2ccc(Cl)c(Br)c2)no1. The number of nitrogens with zero attached hydrogens (tertiary/aromatic N) is 2. The smallest absolute Gasteiger partial charge is 0.232 e. The lowest BCUT2D eigenvalue weighted by Crippen LogP contribution is -2.15. The van der Waals surface area contributed by atoms with Crippen LogP contribution in [0.15, 0.2) is 27.2 Å². The van der Waals surface area contributed by atoms with Crippen molar-refractivity contribution >= 4 is 27.5 Å². The van der Waals surface area contributed by atoms with Gasteiger partial charge in [-0.3, -0.25) is 0 Å². The highest BCUT2D eigenvalue weighted by Crippen LogP contribution is 2.28. The Balaban J connectivity index is 2.31. The van der Waals surface area contributed by atoms with E-state index in [0.29, 0.717) is 16.7 Å². The van der Waals surface area contributed by atoms with Crippen molar-refractivity contribution < 1.29 is 4.52 Å². The fraction of sp³-hybridized carbons (Fsp3) is 0.385. The normalized spacial score (nSPS) is 13.6. The number of hydrogen-bond acceptors (Lipinski definition) is 4. The van der Waals surface area contributed by atoms with Crippen molar-refractivity contribution in [1.29, 1.82) is 0 Å². The molecule has 2 N–H and O–H groups in total. The quantitative estimate of drug-likeness (QED) is 0.899. The van der Waals surface area contributed by atoms with Gasteiger partial charge in [0.1, 0.15) is 0 Å². The van der Waals surface area contributed by atoms with Gasteiger partial charge in [-0.25, -0.2) is 0 Å². The molecule has 0 saturated heterocycles. The van der Waals surface area contributed by atoms with Gasteiger partial charge in [-0.15, -0.1) is 0 Å². The maximum atomic E-state index is 6.14. The minimum atomic E-state index is -0.437. The van der Waals surface area contributed by atoms with Crippen LogP contribution in [0.4, 0.5) is 0 Å². The average molecular weight is 345 g/mol. The summed E-state index contributed by atoms with van der Waals surface area (Å²) < 4.78 is 6.04. The summed E-state index contributed by atoms with van der Waals surface area (Å²) in [5.74, 6) is 1.05. The van der Waals surface area contributed by atoms with E-state index in [1.165, 1.54) is 0 Å². The zero-order valence-electron chi connectivity index (χ0n) is 10.9. The Labute approximate surface area is 125 Å². The van der Waals surface area contributed by atoms with Crippen LogP contribution in [0.3, 0.4) is 0 Å². The maximum absolute atomic E-state index is 6.14. The molecule has 0 aliphatic heterocycles. The van der Waals surface area contributed by atoms with Crippen LogP contribution in [-0.4, -0.2) is 10.1 Å². The van der Waals surface area contributed by atoms with E-state index in [4.69, 9.17) is 21.9 Å². The summed E-state index contributed by atoms with van der Waals surface area (Å²) in [7, 11) is 0. The fourth-order valence-corrected chi connectivity index (χ4v) is 2.03. The van der Waals surface area contributed by atoms with Gasteiger partial charge >= 0.3 is 0 Å². The van der Waals surface area contributed by atoms with Crippen molar-refractivity contribution in [3.63, 3.8) is 0 Å². The first-order chi connectivity index (χ1) is 8.79. The third-order valence-corrected chi connectivity index (χ3v) is 3.88. The molecule has 0 bridgehead atoms. The molecule has 2 aromatic rings. The minimum absolute atomic E-state index is 0.189. The van der Waals surface area contributed by atoms with E-state index in [9.17, 15) is 0 Å². The van der Waals surface area contributed by atoms with Gasteiger partial charge in [0, 0.05) is 9.89 Å². The molecule has 0 fully saturated rings. The summed E-state index contributed by atoms with van der Waals surface area (Å²) in [5, 5.41) is 4.59. The highest BCUT2D eigenvalue weighted by Gasteiger charge is 2.24. The Kier molecular flexibility index (Phi) is 3.99. The highest BCUT2D eigenvalue weighted by atomic mass is 79.9. The second kappa shape index (κ2) is 5.23. The number of benzene rings is 1. The van der Waals surface area contributed by atoms with Gasteiger partial charge in [0.2, 0.25) is 5.89 Å². The van der Waals surface area contributed by atoms with Crippen LogP contribution in [0.2, 0.25) is 5.02 Å². The third-order valence-electron chi connectivity index (χ3n) is 2.66. The second-order valence-electron chi connectivity index (χ2n) is 5.36. The summed E-state index contributed by atoms with van der Waals surface area (Å²) in [4.78, 5) is 4.36. The van der Waals surface area contributed by atoms with Crippen molar-refractivity contribution in [3.8, 4) is 0 Å². The Morgan fingerprint density at radius 1 is 1.37 bits per heavy atom. The number of aromatic nitrogens is 2. The van der Waals surface area contributed by atoms with Crippen LogP contribution < -0.4 is 5.73 Å². The molecule has 0 saturated carbocycles. The Hall–Kier alpha value is -0.910. The molecule has 1 unspecified atom stereocenters. The fourth-order valence-electron chi connectivity index (χ4n) is 1.52. The summed E-state index contributed by atoms with van der Waals surface area (Å²) in [6, 6.07) is 5.06. The lowest BCUT2D eigenvalue weighted by Gasteiger charge is -2.11. The molecule has 1 aromatic carbocycles. The van der Waals surface area contributed by atoms with Crippen molar-refractivity contribution in [2.75, 3.05) is 0 Å². The lowest BCUT2D eigenvalue weighted by atomic mass is 9.97. The van der Waals surface area contributed by atoms with Gasteiger partial charge in [-0.2, -0.15) is 4.98 Å². The molecule has 4 nitrogen and oxygen atoms in total. The zero-order chi connectivity index (χ0) is 14.2. The predicted octanol–water partition coefficient (Wildman–Crippen LogP) is 3.83. The van der Waals surface area contributed by atoms with Gasteiger partial charge in [-0.1, -0.05) is 43.6 Å². The van der Waals surface area contributed by atoms with Gasteiger partial charge in [-0.05, 0) is 33.6 Å². The van der Waals surface area contributed by atoms with Crippen molar-refractivity contribution in [3.05, 3.63) is 45.0 Å². The topological polar surface area (TPSA) is 64.9 Å². The van der Waals surface area contributed by atoms with Crippen LogP contribution in [0.1, 0.15) is 44.1 Å². The summed E-state index contributed by atoms with van der Waals surface area (Å²) in [6.45, 7) is 6.03. The second-order valence-corrected chi connectivity index (χ2v) is 6.62. The molecule has 0 radical (unpaired) electrons.